The summed E-state index contributed by atoms with van der Waals surface area (Å²) in [5, 5.41) is 0. The molecule has 16 heavy (non-hydrogen) atoms. The molecule has 2 aromatic carbocycles. The van der Waals surface area contributed by atoms with Crippen molar-refractivity contribution in [1.82, 2.24) is 0 Å². The molecule has 0 fully saturated rings. The van der Waals surface area contributed by atoms with Gasteiger partial charge in [-0.15, -0.1) is 0 Å². The quantitative estimate of drug-likeness (QED) is 0.608. The van der Waals surface area contributed by atoms with Crippen LogP contribution in [0.25, 0.3) is 11.1 Å². The lowest BCUT2D eigenvalue weighted by Gasteiger charge is -2.09. The Balaban J connectivity index is 2.33. The molecule has 0 aromatic heterocycles. The number of halogens is 1. The lowest BCUT2D eigenvalue weighted by molar-refractivity contribution is 1.13. The number of hydrogen-bond donors (Lipinski definition) is 0. The molecule has 0 radical (unpaired) electrons. The topological polar surface area (TPSA) is 0 Å². The molecule has 0 N–H and O–H groups in total. The highest BCUT2D eigenvalue weighted by Gasteiger charge is 2.22. The van der Waals surface area contributed by atoms with Gasteiger partial charge in [0.15, 0.2) is 0 Å². The van der Waals surface area contributed by atoms with Gasteiger partial charge in [0, 0.05) is 4.47 Å². The Morgan fingerprint density at radius 1 is 1.12 bits per heavy atom. The smallest absolute Gasteiger partial charge is 0.0217 e. The van der Waals surface area contributed by atoms with Crippen molar-refractivity contribution in [1.29, 1.82) is 0 Å². The summed E-state index contributed by atoms with van der Waals surface area (Å²) < 4.78 is 1.25. The first kappa shape index (κ1) is 10.1. The minimum absolute atomic E-state index is 1.07. The summed E-state index contributed by atoms with van der Waals surface area (Å²) in [4.78, 5) is 0. The Labute approximate surface area is 104 Å². The van der Waals surface area contributed by atoms with Crippen LogP contribution in [0.1, 0.15) is 23.6 Å². The molecule has 80 valence electrons. The van der Waals surface area contributed by atoms with Crippen molar-refractivity contribution in [3.63, 3.8) is 0 Å². The lowest BCUT2D eigenvalue weighted by Crippen LogP contribution is -1.89. The van der Waals surface area contributed by atoms with Gasteiger partial charge in [-0.2, -0.15) is 0 Å². The predicted molar refractivity (Wildman–Crippen MR) is 71.8 cm³/mol. The molecule has 0 nitrogen and oxygen atoms in total. The van der Waals surface area contributed by atoms with Gasteiger partial charge in [0.25, 0.3) is 0 Å². The van der Waals surface area contributed by atoms with Crippen molar-refractivity contribution < 1.29 is 0 Å². The fourth-order valence-electron chi connectivity index (χ4n) is 2.58. The maximum Gasteiger partial charge on any atom is 0.0217 e. The van der Waals surface area contributed by atoms with E-state index in [1.54, 1.807) is 0 Å². The van der Waals surface area contributed by atoms with Crippen LogP contribution in [0.5, 0.6) is 0 Å². The third-order valence-corrected chi connectivity index (χ3v) is 4.12. The molecule has 2 aromatic rings. The van der Waals surface area contributed by atoms with Crippen LogP contribution < -0.4 is 0 Å². The Hall–Kier alpha value is -1.08. The number of aryl methyl sites for hydroxylation is 1. The van der Waals surface area contributed by atoms with E-state index in [2.05, 4.69) is 59.3 Å². The normalized spacial score (nSPS) is 12.4. The standard InChI is InChI=1S/C15H13Br/c1-2-10-7-8-14(16)13-9-11-5-3-4-6-12(11)15(10)13/h3-8H,2,9H2,1H3. The van der Waals surface area contributed by atoms with Crippen LogP contribution in [0.2, 0.25) is 0 Å². The zero-order valence-corrected chi connectivity index (χ0v) is 10.8. The SMILES string of the molecule is CCc1ccc(Br)c2c1-c1ccccc1C2. The van der Waals surface area contributed by atoms with Crippen LogP contribution in [-0.2, 0) is 12.8 Å². The van der Waals surface area contributed by atoms with E-state index >= 15 is 0 Å². The van der Waals surface area contributed by atoms with Crippen molar-refractivity contribution in [3.8, 4) is 11.1 Å². The summed E-state index contributed by atoms with van der Waals surface area (Å²) in [5.41, 5.74) is 7.27. The summed E-state index contributed by atoms with van der Waals surface area (Å²) >= 11 is 3.67. The summed E-state index contributed by atoms with van der Waals surface area (Å²) in [6.07, 6.45) is 2.17. The van der Waals surface area contributed by atoms with Gasteiger partial charge in [-0.05, 0) is 46.7 Å². The van der Waals surface area contributed by atoms with E-state index in [1.807, 2.05) is 0 Å². The van der Waals surface area contributed by atoms with Gasteiger partial charge >= 0.3 is 0 Å². The zero-order valence-electron chi connectivity index (χ0n) is 9.26. The lowest BCUT2D eigenvalue weighted by atomic mass is 9.98. The monoisotopic (exact) mass is 272 g/mol. The molecule has 0 saturated heterocycles. The van der Waals surface area contributed by atoms with Gasteiger partial charge in [-0.1, -0.05) is 53.2 Å². The molecule has 0 amide bonds. The second-order valence-corrected chi connectivity index (χ2v) is 5.10. The number of fused-ring (bicyclic) bond motifs is 3. The minimum atomic E-state index is 1.07. The summed E-state index contributed by atoms with van der Waals surface area (Å²) in [6.45, 7) is 2.23. The molecule has 0 aliphatic heterocycles. The molecule has 0 unspecified atom stereocenters. The van der Waals surface area contributed by atoms with Crippen LogP contribution in [0, 0.1) is 0 Å². The summed E-state index contributed by atoms with van der Waals surface area (Å²) in [6, 6.07) is 13.2. The second kappa shape index (κ2) is 3.74. The number of hydrogen-bond acceptors (Lipinski definition) is 0. The highest BCUT2D eigenvalue weighted by molar-refractivity contribution is 9.10. The van der Waals surface area contributed by atoms with Crippen molar-refractivity contribution >= 4 is 15.9 Å². The number of benzene rings is 2. The Morgan fingerprint density at radius 3 is 2.75 bits per heavy atom. The Morgan fingerprint density at radius 2 is 1.94 bits per heavy atom. The minimum Gasteiger partial charge on any atom is -0.0619 e. The average Bonchev–Trinajstić information content (AvgIpc) is 2.70. The first-order valence-electron chi connectivity index (χ1n) is 5.69. The molecular formula is C15H13Br. The van der Waals surface area contributed by atoms with Gasteiger partial charge in [-0.3, -0.25) is 0 Å². The van der Waals surface area contributed by atoms with Crippen molar-refractivity contribution in [3.05, 3.63) is 57.6 Å². The van der Waals surface area contributed by atoms with E-state index in [1.165, 1.54) is 32.3 Å². The van der Waals surface area contributed by atoms with E-state index in [-0.39, 0.29) is 0 Å². The average molecular weight is 273 g/mol. The van der Waals surface area contributed by atoms with E-state index < -0.39 is 0 Å². The van der Waals surface area contributed by atoms with Gasteiger partial charge in [0.05, 0.1) is 0 Å². The number of rotatable bonds is 1. The van der Waals surface area contributed by atoms with Gasteiger partial charge in [0.2, 0.25) is 0 Å². The van der Waals surface area contributed by atoms with Crippen molar-refractivity contribution in [2.45, 2.75) is 19.8 Å². The summed E-state index contributed by atoms with van der Waals surface area (Å²) in [7, 11) is 0. The maximum atomic E-state index is 3.67. The first-order valence-corrected chi connectivity index (χ1v) is 6.49. The molecule has 0 heterocycles. The van der Waals surface area contributed by atoms with E-state index in [0.717, 1.165) is 12.8 Å². The van der Waals surface area contributed by atoms with Gasteiger partial charge in [-0.25, -0.2) is 0 Å². The fourth-order valence-corrected chi connectivity index (χ4v) is 3.05. The van der Waals surface area contributed by atoms with Crippen LogP contribution in [0.3, 0.4) is 0 Å². The van der Waals surface area contributed by atoms with Gasteiger partial charge < -0.3 is 0 Å². The second-order valence-electron chi connectivity index (χ2n) is 4.25. The van der Waals surface area contributed by atoms with Crippen molar-refractivity contribution in [2.24, 2.45) is 0 Å². The van der Waals surface area contributed by atoms with Crippen LogP contribution in [0.15, 0.2) is 40.9 Å². The predicted octanol–water partition coefficient (Wildman–Crippen LogP) is 4.58. The molecule has 1 aliphatic carbocycles. The van der Waals surface area contributed by atoms with Crippen molar-refractivity contribution in [2.75, 3.05) is 0 Å². The largest absolute Gasteiger partial charge is 0.0619 e. The third-order valence-electron chi connectivity index (χ3n) is 3.38. The van der Waals surface area contributed by atoms with E-state index in [4.69, 9.17) is 0 Å². The van der Waals surface area contributed by atoms with Gasteiger partial charge in [0.1, 0.15) is 0 Å². The molecule has 0 spiro atoms. The van der Waals surface area contributed by atoms with E-state index in [0.29, 0.717) is 0 Å². The molecule has 1 heteroatoms. The molecule has 3 rings (SSSR count). The Bertz CT molecular complexity index is 555. The maximum absolute atomic E-state index is 3.67. The fraction of sp³-hybridized carbons (Fsp3) is 0.200. The molecule has 1 aliphatic rings. The van der Waals surface area contributed by atoms with E-state index in [9.17, 15) is 0 Å². The van der Waals surface area contributed by atoms with Crippen LogP contribution in [-0.4, -0.2) is 0 Å². The van der Waals surface area contributed by atoms with Crippen LogP contribution >= 0.6 is 15.9 Å². The molecule has 0 atom stereocenters. The molecule has 0 bridgehead atoms. The van der Waals surface area contributed by atoms with Crippen LogP contribution in [0.4, 0.5) is 0 Å². The highest BCUT2D eigenvalue weighted by Crippen LogP contribution is 2.42. The summed E-state index contributed by atoms with van der Waals surface area (Å²) in [5.74, 6) is 0. The third kappa shape index (κ3) is 1.35. The zero-order chi connectivity index (χ0) is 11.1. The molecule has 0 saturated carbocycles. The highest BCUT2D eigenvalue weighted by atomic mass is 79.9. The molecular weight excluding hydrogens is 260 g/mol. The Kier molecular flexibility index (Phi) is 2.36. The first-order chi connectivity index (χ1) is 7.81.